The van der Waals surface area contributed by atoms with Crippen molar-refractivity contribution in [2.24, 2.45) is 0 Å². The fourth-order valence-corrected chi connectivity index (χ4v) is 2.64. The Morgan fingerprint density at radius 2 is 2.06 bits per heavy atom. The van der Waals surface area contributed by atoms with Crippen LogP contribution in [0.1, 0.15) is 23.3 Å². The maximum atomic E-state index is 10.7. The van der Waals surface area contributed by atoms with Crippen molar-refractivity contribution in [2.75, 3.05) is 0 Å². The number of nitrogens with zero attached hydrogens (tertiary/aromatic N) is 1. The van der Waals surface area contributed by atoms with Crippen LogP contribution in [-0.4, -0.2) is 21.5 Å². The van der Waals surface area contributed by atoms with E-state index in [0.717, 1.165) is 10.8 Å². The summed E-state index contributed by atoms with van der Waals surface area (Å²) in [6.07, 6.45) is 2.60. The second-order valence-corrected chi connectivity index (χ2v) is 5.60. The van der Waals surface area contributed by atoms with Crippen LogP contribution in [0.4, 0.5) is 0 Å². The quantitative estimate of drug-likeness (QED) is 0.914. The standard InChI is InChI=1S/C13H11NO3S/c15-13(16)11-7-12(17-14-11)8-1-3-9(4-2-8)18-10-5-6-10/h1-4,7,10H,5-6H2,(H,15,16). The number of carboxylic acids is 1. The number of hydrogen-bond acceptors (Lipinski definition) is 4. The number of benzene rings is 1. The van der Waals surface area contributed by atoms with Gasteiger partial charge in [0, 0.05) is 21.8 Å². The molecule has 1 saturated carbocycles. The first-order chi connectivity index (χ1) is 8.72. The van der Waals surface area contributed by atoms with Crippen molar-refractivity contribution < 1.29 is 14.4 Å². The third-order valence-electron chi connectivity index (χ3n) is 2.70. The lowest BCUT2D eigenvalue weighted by Crippen LogP contribution is -1.94. The summed E-state index contributed by atoms with van der Waals surface area (Å²) in [4.78, 5) is 11.9. The molecule has 5 heteroatoms. The number of rotatable bonds is 4. The Kier molecular flexibility index (Phi) is 2.83. The monoisotopic (exact) mass is 261 g/mol. The van der Waals surface area contributed by atoms with Crippen LogP contribution in [0.3, 0.4) is 0 Å². The van der Waals surface area contributed by atoms with Gasteiger partial charge in [-0.05, 0) is 25.0 Å². The van der Waals surface area contributed by atoms with Gasteiger partial charge in [-0.1, -0.05) is 17.3 Å². The van der Waals surface area contributed by atoms with Gasteiger partial charge in [0.05, 0.1) is 0 Å². The van der Waals surface area contributed by atoms with Gasteiger partial charge in [-0.25, -0.2) is 4.79 Å². The molecule has 1 aromatic heterocycles. The predicted octanol–water partition coefficient (Wildman–Crippen LogP) is 3.29. The molecule has 1 heterocycles. The van der Waals surface area contributed by atoms with Crippen LogP contribution >= 0.6 is 11.8 Å². The zero-order chi connectivity index (χ0) is 12.5. The van der Waals surface area contributed by atoms with Gasteiger partial charge in [-0.3, -0.25) is 0 Å². The van der Waals surface area contributed by atoms with Crippen LogP contribution in [-0.2, 0) is 0 Å². The van der Waals surface area contributed by atoms with Gasteiger partial charge < -0.3 is 9.63 Å². The lowest BCUT2D eigenvalue weighted by molar-refractivity contribution is 0.0686. The summed E-state index contributed by atoms with van der Waals surface area (Å²) in [5.74, 6) is -0.596. The Bertz CT molecular complexity index is 572. The van der Waals surface area contributed by atoms with Crippen LogP contribution in [0.5, 0.6) is 0 Å². The Morgan fingerprint density at radius 1 is 1.33 bits per heavy atom. The van der Waals surface area contributed by atoms with Gasteiger partial charge in [0.25, 0.3) is 0 Å². The minimum absolute atomic E-state index is 0.0681. The molecule has 0 atom stereocenters. The smallest absolute Gasteiger partial charge is 0.358 e. The lowest BCUT2D eigenvalue weighted by atomic mass is 10.1. The van der Waals surface area contributed by atoms with E-state index in [4.69, 9.17) is 9.63 Å². The van der Waals surface area contributed by atoms with E-state index in [2.05, 4.69) is 5.16 Å². The molecule has 0 aliphatic heterocycles. The largest absolute Gasteiger partial charge is 0.476 e. The second-order valence-electron chi connectivity index (χ2n) is 4.22. The number of aromatic nitrogens is 1. The van der Waals surface area contributed by atoms with E-state index < -0.39 is 5.97 Å². The fraction of sp³-hybridized carbons (Fsp3) is 0.231. The molecule has 4 nitrogen and oxygen atoms in total. The lowest BCUT2D eigenvalue weighted by Gasteiger charge is -2.00. The molecule has 1 N–H and O–H groups in total. The van der Waals surface area contributed by atoms with Crippen molar-refractivity contribution in [3.8, 4) is 11.3 Å². The van der Waals surface area contributed by atoms with E-state index in [9.17, 15) is 4.79 Å². The molecular weight excluding hydrogens is 250 g/mol. The highest BCUT2D eigenvalue weighted by Gasteiger charge is 2.22. The molecule has 1 aliphatic rings. The summed E-state index contributed by atoms with van der Waals surface area (Å²) in [7, 11) is 0. The average Bonchev–Trinajstić information content (AvgIpc) is 3.04. The molecule has 3 rings (SSSR count). The van der Waals surface area contributed by atoms with E-state index in [1.54, 1.807) is 0 Å². The summed E-state index contributed by atoms with van der Waals surface area (Å²) < 4.78 is 5.01. The molecule has 2 aromatic rings. The second kappa shape index (κ2) is 4.49. The van der Waals surface area contributed by atoms with Crippen molar-refractivity contribution in [2.45, 2.75) is 23.0 Å². The van der Waals surface area contributed by atoms with E-state index in [-0.39, 0.29) is 5.69 Å². The van der Waals surface area contributed by atoms with Gasteiger partial charge >= 0.3 is 5.97 Å². The third-order valence-corrected chi connectivity index (χ3v) is 4.04. The van der Waals surface area contributed by atoms with E-state index >= 15 is 0 Å². The maximum absolute atomic E-state index is 10.7. The first kappa shape index (κ1) is 11.3. The average molecular weight is 261 g/mol. The van der Waals surface area contributed by atoms with Crippen molar-refractivity contribution >= 4 is 17.7 Å². The zero-order valence-corrected chi connectivity index (χ0v) is 10.3. The first-order valence-corrected chi connectivity index (χ1v) is 6.57. The number of aromatic carboxylic acids is 1. The molecule has 0 radical (unpaired) electrons. The topological polar surface area (TPSA) is 63.3 Å². The molecule has 92 valence electrons. The summed E-state index contributed by atoms with van der Waals surface area (Å²) in [5, 5.41) is 13.0. The summed E-state index contributed by atoms with van der Waals surface area (Å²) in [6.45, 7) is 0. The minimum Gasteiger partial charge on any atom is -0.476 e. The van der Waals surface area contributed by atoms with Gasteiger partial charge in [0.15, 0.2) is 11.5 Å². The fourth-order valence-electron chi connectivity index (χ4n) is 1.59. The molecule has 1 fully saturated rings. The molecule has 0 amide bonds. The van der Waals surface area contributed by atoms with Crippen molar-refractivity contribution in [1.82, 2.24) is 5.16 Å². The normalized spacial score (nSPS) is 14.7. The Labute approximate surface area is 108 Å². The van der Waals surface area contributed by atoms with E-state index in [0.29, 0.717) is 5.76 Å². The molecule has 1 aliphatic carbocycles. The molecule has 1 aromatic carbocycles. The van der Waals surface area contributed by atoms with Gasteiger partial charge in [0.1, 0.15) is 0 Å². The molecule has 0 saturated heterocycles. The number of thioether (sulfide) groups is 1. The number of carboxylic acid groups (broad SMARTS) is 1. The van der Waals surface area contributed by atoms with Crippen LogP contribution in [0.15, 0.2) is 39.8 Å². The summed E-state index contributed by atoms with van der Waals surface area (Å²) in [5.41, 5.74) is 0.775. The van der Waals surface area contributed by atoms with E-state index in [1.807, 2.05) is 36.0 Å². The van der Waals surface area contributed by atoms with Crippen molar-refractivity contribution in [1.29, 1.82) is 0 Å². The molecular formula is C13H11NO3S. The van der Waals surface area contributed by atoms with Crippen LogP contribution in [0.25, 0.3) is 11.3 Å². The highest BCUT2D eigenvalue weighted by atomic mass is 32.2. The Balaban J connectivity index is 1.79. The van der Waals surface area contributed by atoms with Gasteiger partial charge in [0.2, 0.25) is 0 Å². The van der Waals surface area contributed by atoms with Crippen LogP contribution in [0.2, 0.25) is 0 Å². The zero-order valence-electron chi connectivity index (χ0n) is 9.50. The number of hydrogen-bond donors (Lipinski definition) is 1. The predicted molar refractivity (Wildman–Crippen MR) is 67.8 cm³/mol. The molecule has 0 unspecified atom stereocenters. The van der Waals surface area contributed by atoms with Crippen LogP contribution in [0, 0.1) is 0 Å². The van der Waals surface area contributed by atoms with Crippen molar-refractivity contribution in [3.63, 3.8) is 0 Å². The highest BCUT2D eigenvalue weighted by molar-refractivity contribution is 8.00. The minimum atomic E-state index is -1.08. The SMILES string of the molecule is O=C(O)c1cc(-c2ccc(SC3CC3)cc2)on1. The number of carbonyl (C=O) groups is 1. The van der Waals surface area contributed by atoms with Crippen molar-refractivity contribution in [3.05, 3.63) is 36.0 Å². The molecule has 0 bridgehead atoms. The van der Waals surface area contributed by atoms with Gasteiger partial charge in [-0.2, -0.15) is 0 Å². The summed E-state index contributed by atoms with van der Waals surface area (Å²) >= 11 is 1.88. The Hall–Kier alpha value is -1.75. The van der Waals surface area contributed by atoms with E-state index in [1.165, 1.54) is 23.8 Å². The molecule has 18 heavy (non-hydrogen) atoms. The van der Waals surface area contributed by atoms with Gasteiger partial charge in [-0.15, -0.1) is 11.8 Å². The Morgan fingerprint density at radius 3 is 2.61 bits per heavy atom. The maximum Gasteiger partial charge on any atom is 0.358 e. The first-order valence-electron chi connectivity index (χ1n) is 5.69. The highest BCUT2D eigenvalue weighted by Crippen LogP contribution is 2.39. The van der Waals surface area contributed by atoms with Crippen LogP contribution < -0.4 is 0 Å². The molecule has 0 spiro atoms. The summed E-state index contributed by atoms with van der Waals surface area (Å²) in [6, 6.07) is 9.35. The third kappa shape index (κ3) is 2.41.